The van der Waals surface area contributed by atoms with Gasteiger partial charge in [-0.05, 0) is 43.6 Å². The summed E-state index contributed by atoms with van der Waals surface area (Å²) in [6.07, 6.45) is 7.70. The van der Waals surface area contributed by atoms with Gasteiger partial charge >= 0.3 is 0 Å². The maximum atomic E-state index is 12.0. The standard InChI is InChI=1S/C16H32N2O/c1-4-14-7-8-15(19)18(12-9-14)11-6-5-10-16(2,3)13-17/h14H,4-13,17H2,1-3H3. The number of hydrogen-bond acceptors (Lipinski definition) is 2. The number of amides is 1. The van der Waals surface area contributed by atoms with Gasteiger partial charge in [-0.25, -0.2) is 0 Å². The van der Waals surface area contributed by atoms with E-state index < -0.39 is 0 Å². The van der Waals surface area contributed by atoms with Crippen molar-refractivity contribution >= 4 is 5.91 Å². The van der Waals surface area contributed by atoms with Crippen LogP contribution >= 0.6 is 0 Å². The van der Waals surface area contributed by atoms with Gasteiger partial charge < -0.3 is 10.6 Å². The third kappa shape index (κ3) is 5.94. The lowest BCUT2D eigenvalue weighted by Gasteiger charge is -2.24. The van der Waals surface area contributed by atoms with Crippen molar-refractivity contribution in [2.24, 2.45) is 17.1 Å². The van der Waals surface area contributed by atoms with Gasteiger partial charge in [0.1, 0.15) is 0 Å². The van der Waals surface area contributed by atoms with Crippen LogP contribution in [0.2, 0.25) is 0 Å². The third-order valence-corrected chi connectivity index (χ3v) is 4.59. The molecule has 0 aromatic carbocycles. The van der Waals surface area contributed by atoms with E-state index in [0.29, 0.717) is 5.91 Å². The van der Waals surface area contributed by atoms with Crippen LogP contribution in [0.3, 0.4) is 0 Å². The molecule has 0 aromatic rings. The van der Waals surface area contributed by atoms with Crippen LogP contribution in [0.25, 0.3) is 0 Å². The molecule has 1 atom stereocenters. The van der Waals surface area contributed by atoms with Crippen LogP contribution in [0.1, 0.15) is 65.7 Å². The molecule has 1 rings (SSSR count). The lowest BCUT2D eigenvalue weighted by Crippen LogP contribution is -2.31. The van der Waals surface area contributed by atoms with Gasteiger partial charge in [0.05, 0.1) is 0 Å². The summed E-state index contributed by atoms with van der Waals surface area (Å²) in [6, 6.07) is 0. The maximum absolute atomic E-state index is 12.0. The van der Waals surface area contributed by atoms with Gasteiger partial charge in [0.25, 0.3) is 0 Å². The van der Waals surface area contributed by atoms with E-state index in [0.717, 1.165) is 51.2 Å². The first-order valence-electron chi connectivity index (χ1n) is 7.96. The molecule has 0 radical (unpaired) electrons. The molecule has 1 heterocycles. The number of carbonyl (C=O) groups is 1. The van der Waals surface area contributed by atoms with Gasteiger partial charge in [0, 0.05) is 19.5 Å². The summed E-state index contributed by atoms with van der Waals surface area (Å²) in [5, 5.41) is 0. The topological polar surface area (TPSA) is 46.3 Å². The van der Waals surface area contributed by atoms with Crippen LogP contribution in [0.15, 0.2) is 0 Å². The molecule has 3 nitrogen and oxygen atoms in total. The Morgan fingerprint density at radius 2 is 2.05 bits per heavy atom. The van der Waals surface area contributed by atoms with Gasteiger partial charge in [-0.3, -0.25) is 4.79 Å². The molecule has 3 heteroatoms. The van der Waals surface area contributed by atoms with Crippen LogP contribution in [0, 0.1) is 11.3 Å². The Bertz CT molecular complexity index is 276. The third-order valence-electron chi connectivity index (χ3n) is 4.59. The van der Waals surface area contributed by atoms with Crippen molar-refractivity contribution in [2.75, 3.05) is 19.6 Å². The van der Waals surface area contributed by atoms with E-state index in [1.165, 1.54) is 19.3 Å². The van der Waals surface area contributed by atoms with Crippen LogP contribution in [0.4, 0.5) is 0 Å². The lowest BCUT2D eigenvalue weighted by molar-refractivity contribution is -0.130. The second-order valence-electron chi connectivity index (χ2n) is 6.81. The largest absolute Gasteiger partial charge is 0.343 e. The molecular weight excluding hydrogens is 236 g/mol. The van der Waals surface area contributed by atoms with Gasteiger partial charge in [-0.15, -0.1) is 0 Å². The Morgan fingerprint density at radius 1 is 1.32 bits per heavy atom. The number of unbranched alkanes of at least 4 members (excludes halogenated alkanes) is 1. The zero-order valence-corrected chi connectivity index (χ0v) is 13.1. The molecule has 1 aliphatic heterocycles. The highest BCUT2D eigenvalue weighted by Crippen LogP contribution is 2.23. The SMILES string of the molecule is CCC1CCC(=O)N(CCCCC(C)(C)CN)CC1. The zero-order valence-electron chi connectivity index (χ0n) is 13.1. The smallest absolute Gasteiger partial charge is 0.222 e. The number of likely N-dealkylation sites (tertiary alicyclic amines) is 1. The van der Waals surface area contributed by atoms with E-state index in [1.807, 2.05) is 0 Å². The highest BCUT2D eigenvalue weighted by atomic mass is 16.2. The highest BCUT2D eigenvalue weighted by molar-refractivity contribution is 5.76. The summed E-state index contributed by atoms with van der Waals surface area (Å²) >= 11 is 0. The van der Waals surface area contributed by atoms with E-state index in [4.69, 9.17) is 5.73 Å². The normalized spacial score (nSPS) is 21.6. The first kappa shape index (κ1) is 16.5. The molecule has 0 aromatic heterocycles. The fourth-order valence-corrected chi connectivity index (χ4v) is 2.75. The average Bonchev–Trinajstić information content (AvgIpc) is 2.57. The van der Waals surface area contributed by atoms with Crippen molar-refractivity contribution in [1.82, 2.24) is 4.90 Å². The Morgan fingerprint density at radius 3 is 2.68 bits per heavy atom. The van der Waals surface area contributed by atoms with E-state index in [9.17, 15) is 4.79 Å². The summed E-state index contributed by atoms with van der Waals surface area (Å²) in [5.41, 5.74) is 5.99. The summed E-state index contributed by atoms with van der Waals surface area (Å²) in [4.78, 5) is 14.1. The van der Waals surface area contributed by atoms with Crippen molar-refractivity contribution in [3.8, 4) is 0 Å². The average molecular weight is 268 g/mol. The van der Waals surface area contributed by atoms with Crippen LogP contribution < -0.4 is 5.73 Å². The minimum Gasteiger partial charge on any atom is -0.343 e. The summed E-state index contributed by atoms with van der Waals surface area (Å²) < 4.78 is 0. The molecule has 1 aliphatic rings. The first-order valence-corrected chi connectivity index (χ1v) is 7.96. The predicted octanol–water partition coefficient (Wildman–Crippen LogP) is 3.18. The van der Waals surface area contributed by atoms with E-state index in [1.54, 1.807) is 0 Å². The van der Waals surface area contributed by atoms with Crippen molar-refractivity contribution in [3.05, 3.63) is 0 Å². The summed E-state index contributed by atoms with van der Waals surface area (Å²) in [6.45, 7) is 9.33. The van der Waals surface area contributed by atoms with Crippen LogP contribution in [-0.2, 0) is 4.79 Å². The summed E-state index contributed by atoms with van der Waals surface area (Å²) in [7, 11) is 0. The predicted molar refractivity (Wildman–Crippen MR) is 80.9 cm³/mol. The molecule has 1 amide bonds. The monoisotopic (exact) mass is 268 g/mol. The molecule has 1 unspecified atom stereocenters. The minimum atomic E-state index is 0.246. The van der Waals surface area contributed by atoms with Crippen molar-refractivity contribution in [3.63, 3.8) is 0 Å². The number of nitrogens with two attached hydrogens (primary N) is 1. The van der Waals surface area contributed by atoms with Gasteiger partial charge in [-0.2, -0.15) is 0 Å². The molecule has 1 fully saturated rings. The number of rotatable bonds is 7. The second-order valence-corrected chi connectivity index (χ2v) is 6.81. The highest BCUT2D eigenvalue weighted by Gasteiger charge is 2.21. The molecule has 2 N–H and O–H groups in total. The number of hydrogen-bond donors (Lipinski definition) is 1. The molecular formula is C16H32N2O. The molecule has 0 spiro atoms. The molecule has 0 aliphatic carbocycles. The molecule has 0 bridgehead atoms. The van der Waals surface area contributed by atoms with Crippen molar-refractivity contribution in [1.29, 1.82) is 0 Å². The first-order chi connectivity index (χ1) is 8.98. The second kappa shape index (κ2) is 7.88. The Labute approximate surface area is 118 Å². The van der Waals surface area contributed by atoms with Crippen molar-refractivity contribution < 1.29 is 4.79 Å². The Kier molecular flexibility index (Phi) is 6.84. The maximum Gasteiger partial charge on any atom is 0.222 e. The van der Waals surface area contributed by atoms with Gasteiger partial charge in [0.15, 0.2) is 0 Å². The lowest BCUT2D eigenvalue weighted by atomic mass is 9.87. The molecule has 19 heavy (non-hydrogen) atoms. The van der Waals surface area contributed by atoms with Crippen molar-refractivity contribution in [2.45, 2.75) is 65.7 Å². The van der Waals surface area contributed by atoms with Gasteiger partial charge in [0.2, 0.25) is 5.91 Å². The van der Waals surface area contributed by atoms with Crippen LogP contribution in [-0.4, -0.2) is 30.4 Å². The van der Waals surface area contributed by atoms with E-state index in [2.05, 4.69) is 25.7 Å². The van der Waals surface area contributed by atoms with Gasteiger partial charge in [-0.1, -0.05) is 33.6 Å². The number of carbonyl (C=O) groups excluding carboxylic acids is 1. The molecule has 1 saturated heterocycles. The number of nitrogens with zero attached hydrogens (tertiary/aromatic N) is 1. The van der Waals surface area contributed by atoms with E-state index in [-0.39, 0.29) is 5.41 Å². The Balaban J connectivity index is 2.26. The molecule has 112 valence electrons. The fourth-order valence-electron chi connectivity index (χ4n) is 2.75. The minimum absolute atomic E-state index is 0.246. The quantitative estimate of drug-likeness (QED) is 0.721. The summed E-state index contributed by atoms with van der Waals surface area (Å²) in [5.74, 6) is 1.12. The fraction of sp³-hybridized carbons (Fsp3) is 0.938. The van der Waals surface area contributed by atoms with Crippen LogP contribution in [0.5, 0.6) is 0 Å². The zero-order chi connectivity index (χ0) is 14.3. The molecule has 0 saturated carbocycles. The van der Waals surface area contributed by atoms with E-state index >= 15 is 0 Å². The Hall–Kier alpha value is -0.570.